The van der Waals surface area contributed by atoms with Crippen molar-refractivity contribution < 1.29 is 14.0 Å². The van der Waals surface area contributed by atoms with Gasteiger partial charge in [0.2, 0.25) is 11.8 Å². The molecule has 3 heterocycles. The van der Waals surface area contributed by atoms with Crippen LogP contribution in [0, 0.1) is 12.8 Å². The second-order valence-electron chi connectivity index (χ2n) is 8.26. The van der Waals surface area contributed by atoms with Gasteiger partial charge in [-0.05, 0) is 57.3 Å². The van der Waals surface area contributed by atoms with Crippen molar-refractivity contribution >= 4 is 11.8 Å². The molecule has 0 aliphatic carbocycles. The maximum atomic E-state index is 12.1. The van der Waals surface area contributed by atoms with Crippen LogP contribution in [0.5, 0.6) is 0 Å². The van der Waals surface area contributed by atoms with Crippen LogP contribution in [0.4, 0.5) is 0 Å². The number of rotatable bonds is 6. The SMILES string of the molecule is Cc1ccc(-c2ccc(CN3CCC(CNC(=O)[C@@H]4CCC(=O)N4)CC3)o2)cc1. The van der Waals surface area contributed by atoms with Crippen molar-refractivity contribution in [2.24, 2.45) is 5.92 Å². The van der Waals surface area contributed by atoms with Gasteiger partial charge in [0.15, 0.2) is 0 Å². The summed E-state index contributed by atoms with van der Waals surface area (Å²) in [7, 11) is 0. The molecule has 2 fully saturated rings. The van der Waals surface area contributed by atoms with Gasteiger partial charge in [-0.1, -0.05) is 29.8 Å². The molecule has 4 rings (SSSR count). The third-order valence-corrected chi connectivity index (χ3v) is 5.96. The lowest BCUT2D eigenvalue weighted by molar-refractivity contribution is -0.125. The predicted molar refractivity (Wildman–Crippen MR) is 111 cm³/mol. The molecule has 0 unspecified atom stereocenters. The summed E-state index contributed by atoms with van der Waals surface area (Å²) in [5, 5.41) is 5.74. The molecule has 2 N–H and O–H groups in total. The topological polar surface area (TPSA) is 74.6 Å². The summed E-state index contributed by atoms with van der Waals surface area (Å²) in [4.78, 5) is 25.8. The lowest BCUT2D eigenvalue weighted by Gasteiger charge is -2.31. The number of likely N-dealkylation sites (tertiary alicyclic amines) is 1. The van der Waals surface area contributed by atoms with Gasteiger partial charge in [-0.15, -0.1) is 0 Å². The molecule has 1 aromatic carbocycles. The Labute approximate surface area is 171 Å². The molecule has 0 bridgehead atoms. The minimum atomic E-state index is -0.343. The van der Waals surface area contributed by atoms with Crippen molar-refractivity contribution in [1.29, 1.82) is 0 Å². The average molecular weight is 396 g/mol. The molecular formula is C23H29N3O3. The molecule has 6 nitrogen and oxygen atoms in total. The Morgan fingerprint density at radius 3 is 2.59 bits per heavy atom. The van der Waals surface area contributed by atoms with E-state index in [1.54, 1.807) is 0 Å². The number of aryl methyl sites for hydroxylation is 1. The Bertz CT molecular complexity index is 851. The molecule has 2 amide bonds. The number of carbonyl (C=O) groups is 2. The maximum absolute atomic E-state index is 12.1. The molecule has 29 heavy (non-hydrogen) atoms. The van der Waals surface area contributed by atoms with E-state index in [9.17, 15) is 9.59 Å². The van der Waals surface area contributed by atoms with Crippen LogP contribution in [0.2, 0.25) is 0 Å². The van der Waals surface area contributed by atoms with Gasteiger partial charge in [0.05, 0.1) is 6.54 Å². The van der Waals surface area contributed by atoms with Crippen LogP contribution < -0.4 is 10.6 Å². The molecule has 1 atom stereocenters. The Morgan fingerprint density at radius 1 is 1.14 bits per heavy atom. The molecule has 2 aliphatic rings. The molecule has 2 saturated heterocycles. The van der Waals surface area contributed by atoms with Crippen LogP contribution >= 0.6 is 0 Å². The van der Waals surface area contributed by atoms with Crippen LogP contribution in [0.15, 0.2) is 40.8 Å². The minimum Gasteiger partial charge on any atom is -0.460 e. The fraction of sp³-hybridized carbons (Fsp3) is 0.478. The first-order valence-corrected chi connectivity index (χ1v) is 10.5. The Morgan fingerprint density at radius 2 is 1.90 bits per heavy atom. The highest BCUT2D eigenvalue weighted by Gasteiger charge is 2.28. The van der Waals surface area contributed by atoms with Crippen LogP contribution in [-0.2, 0) is 16.1 Å². The van der Waals surface area contributed by atoms with Crippen molar-refractivity contribution in [2.45, 2.75) is 45.2 Å². The highest BCUT2D eigenvalue weighted by atomic mass is 16.3. The lowest BCUT2D eigenvalue weighted by atomic mass is 9.96. The quantitative estimate of drug-likeness (QED) is 0.789. The number of hydrogen-bond acceptors (Lipinski definition) is 4. The van der Waals surface area contributed by atoms with Crippen molar-refractivity contribution in [3.05, 3.63) is 47.7 Å². The second kappa shape index (κ2) is 8.82. The first-order valence-electron chi connectivity index (χ1n) is 10.5. The van der Waals surface area contributed by atoms with Crippen LogP contribution in [0.3, 0.4) is 0 Å². The summed E-state index contributed by atoms with van der Waals surface area (Å²) >= 11 is 0. The molecule has 154 valence electrons. The summed E-state index contributed by atoms with van der Waals surface area (Å²) in [6.45, 7) is 5.60. The van der Waals surface area contributed by atoms with Gasteiger partial charge >= 0.3 is 0 Å². The van der Waals surface area contributed by atoms with Crippen molar-refractivity contribution in [1.82, 2.24) is 15.5 Å². The molecule has 2 aliphatic heterocycles. The highest BCUT2D eigenvalue weighted by Crippen LogP contribution is 2.25. The summed E-state index contributed by atoms with van der Waals surface area (Å²) in [6, 6.07) is 12.2. The number of amides is 2. The van der Waals surface area contributed by atoms with E-state index in [2.05, 4.69) is 52.8 Å². The zero-order valence-corrected chi connectivity index (χ0v) is 16.9. The molecule has 0 saturated carbocycles. The van der Waals surface area contributed by atoms with Gasteiger partial charge in [-0.3, -0.25) is 14.5 Å². The number of furan rings is 1. The van der Waals surface area contributed by atoms with Gasteiger partial charge in [0.25, 0.3) is 0 Å². The van der Waals surface area contributed by atoms with E-state index in [1.807, 2.05) is 6.07 Å². The number of piperidine rings is 1. The van der Waals surface area contributed by atoms with E-state index in [1.165, 1.54) is 5.56 Å². The smallest absolute Gasteiger partial charge is 0.242 e. The number of nitrogens with one attached hydrogen (secondary N) is 2. The normalized spacial score (nSPS) is 20.6. The van der Waals surface area contributed by atoms with Gasteiger partial charge in [-0.25, -0.2) is 0 Å². The van der Waals surface area contributed by atoms with E-state index in [0.29, 0.717) is 25.3 Å². The van der Waals surface area contributed by atoms with Crippen molar-refractivity contribution in [2.75, 3.05) is 19.6 Å². The molecule has 1 aromatic heterocycles. The monoisotopic (exact) mass is 395 g/mol. The number of nitrogens with zero attached hydrogens (tertiary/aromatic N) is 1. The lowest BCUT2D eigenvalue weighted by Crippen LogP contribution is -2.44. The zero-order chi connectivity index (χ0) is 20.2. The van der Waals surface area contributed by atoms with E-state index >= 15 is 0 Å². The van der Waals surface area contributed by atoms with Crippen molar-refractivity contribution in [3.63, 3.8) is 0 Å². The molecule has 0 spiro atoms. The summed E-state index contributed by atoms with van der Waals surface area (Å²) < 4.78 is 6.05. The Balaban J connectivity index is 1.21. The maximum Gasteiger partial charge on any atom is 0.242 e. The fourth-order valence-electron chi connectivity index (χ4n) is 4.08. The molecule has 2 aromatic rings. The first kappa shape index (κ1) is 19.7. The average Bonchev–Trinajstić information content (AvgIpc) is 3.37. The summed E-state index contributed by atoms with van der Waals surface area (Å²) in [6.07, 6.45) is 3.18. The number of hydrogen-bond donors (Lipinski definition) is 2. The predicted octanol–water partition coefficient (Wildman–Crippen LogP) is 2.86. The third-order valence-electron chi connectivity index (χ3n) is 5.96. The first-order chi connectivity index (χ1) is 14.1. The van der Waals surface area contributed by atoms with Crippen LogP contribution in [0.1, 0.15) is 37.0 Å². The Hall–Kier alpha value is -2.60. The van der Waals surface area contributed by atoms with Crippen molar-refractivity contribution in [3.8, 4) is 11.3 Å². The van der Waals surface area contributed by atoms with Gasteiger partial charge in [0, 0.05) is 18.5 Å². The van der Waals surface area contributed by atoms with E-state index in [4.69, 9.17) is 4.42 Å². The Kier molecular flexibility index (Phi) is 6.00. The van der Waals surface area contributed by atoms with Crippen LogP contribution in [-0.4, -0.2) is 42.4 Å². The largest absolute Gasteiger partial charge is 0.460 e. The fourth-order valence-corrected chi connectivity index (χ4v) is 4.08. The van der Waals surface area contributed by atoms with E-state index in [0.717, 1.165) is 49.6 Å². The molecule has 0 radical (unpaired) electrons. The van der Waals surface area contributed by atoms with Gasteiger partial charge < -0.3 is 15.1 Å². The summed E-state index contributed by atoms with van der Waals surface area (Å²) in [5.41, 5.74) is 2.35. The van der Waals surface area contributed by atoms with E-state index < -0.39 is 0 Å². The number of carbonyl (C=O) groups excluding carboxylic acids is 2. The van der Waals surface area contributed by atoms with Gasteiger partial charge in [-0.2, -0.15) is 0 Å². The summed E-state index contributed by atoms with van der Waals surface area (Å²) in [5.74, 6) is 2.33. The van der Waals surface area contributed by atoms with Crippen LogP contribution in [0.25, 0.3) is 11.3 Å². The standard InChI is InChI=1S/C23H29N3O3/c1-16-2-4-18(5-3-16)21-8-6-19(29-21)15-26-12-10-17(11-13-26)14-24-23(28)20-7-9-22(27)25-20/h2-6,8,17,20H,7,9-15H2,1H3,(H,24,28)(H,25,27)/t20-/m0/s1. The second-order valence-corrected chi connectivity index (χ2v) is 8.26. The zero-order valence-electron chi connectivity index (χ0n) is 16.9. The number of benzene rings is 1. The highest BCUT2D eigenvalue weighted by molar-refractivity contribution is 5.90. The van der Waals surface area contributed by atoms with Gasteiger partial charge in [0.1, 0.15) is 17.6 Å². The third kappa shape index (κ3) is 5.07. The minimum absolute atomic E-state index is 0.0260. The van der Waals surface area contributed by atoms with E-state index in [-0.39, 0.29) is 17.9 Å². The molecular weight excluding hydrogens is 366 g/mol. The molecule has 6 heteroatoms.